The number of nitrogens with one attached hydrogen (secondary N) is 1. The van der Waals surface area contributed by atoms with Gasteiger partial charge in [0.2, 0.25) is 5.88 Å². The smallest absolute Gasteiger partial charge is 0.258 e. The lowest BCUT2D eigenvalue weighted by Gasteiger charge is -2.10. The van der Waals surface area contributed by atoms with Gasteiger partial charge in [0, 0.05) is 12.1 Å². The second-order valence-corrected chi connectivity index (χ2v) is 5.41. The molecule has 0 radical (unpaired) electrons. The number of hydrogen-bond acceptors (Lipinski definition) is 4. The van der Waals surface area contributed by atoms with E-state index in [0.717, 1.165) is 11.3 Å². The molecule has 2 aromatic heterocycles. The summed E-state index contributed by atoms with van der Waals surface area (Å²) in [7, 11) is 3.90. The van der Waals surface area contributed by atoms with E-state index in [0.29, 0.717) is 17.8 Å². The zero-order valence-corrected chi connectivity index (χ0v) is 12.0. The third kappa shape index (κ3) is 2.23. The summed E-state index contributed by atoms with van der Waals surface area (Å²) < 4.78 is 1.42. The molecule has 0 aliphatic carbocycles. The number of aromatic nitrogens is 3. The standard InChI is InChI=1S/C13H20N4O2/c1-7(2)10-12(18)14-11-9(6-16(4)5)8(3)15-17(11)13(10)19/h7,19H,6H2,1-5H3,(H,14,18). The first kappa shape index (κ1) is 13.6. The maximum atomic E-state index is 12.1. The van der Waals surface area contributed by atoms with Gasteiger partial charge in [0.25, 0.3) is 5.56 Å². The highest BCUT2D eigenvalue weighted by atomic mass is 16.3. The van der Waals surface area contributed by atoms with E-state index in [-0.39, 0.29) is 17.4 Å². The van der Waals surface area contributed by atoms with Crippen LogP contribution in [0.4, 0.5) is 0 Å². The minimum Gasteiger partial charge on any atom is -0.493 e. The molecule has 19 heavy (non-hydrogen) atoms. The molecular weight excluding hydrogens is 244 g/mol. The molecule has 0 aliphatic heterocycles. The van der Waals surface area contributed by atoms with Crippen LogP contribution in [0.1, 0.15) is 36.6 Å². The van der Waals surface area contributed by atoms with Crippen molar-refractivity contribution in [2.45, 2.75) is 33.2 Å². The summed E-state index contributed by atoms with van der Waals surface area (Å²) in [6.07, 6.45) is 0. The minimum absolute atomic E-state index is 0.0602. The van der Waals surface area contributed by atoms with Crippen molar-refractivity contribution in [3.05, 3.63) is 27.2 Å². The van der Waals surface area contributed by atoms with E-state index in [9.17, 15) is 9.90 Å². The first-order chi connectivity index (χ1) is 8.82. The summed E-state index contributed by atoms with van der Waals surface area (Å²) in [5.74, 6) is -0.128. The topological polar surface area (TPSA) is 73.6 Å². The Balaban J connectivity index is 2.77. The molecule has 0 saturated carbocycles. The first-order valence-electron chi connectivity index (χ1n) is 6.31. The maximum Gasteiger partial charge on any atom is 0.258 e. The van der Waals surface area contributed by atoms with E-state index >= 15 is 0 Å². The number of aromatic hydroxyl groups is 1. The number of fused-ring (bicyclic) bond motifs is 1. The van der Waals surface area contributed by atoms with Crippen molar-refractivity contribution in [2.24, 2.45) is 0 Å². The maximum absolute atomic E-state index is 12.1. The number of nitrogens with zero attached hydrogens (tertiary/aromatic N) is 3. The van der Waals surface area contributed by atoms with Crippen LogP contribution < -0.4 is 5.56 Å². The summed E-state index contributed by atoms with van der Waals surface area (Å²) in [5, 5.41) is 14.6. The monoisotopic (exact) mass is 264 g/mol. The lowest BCUT2D eigenvalue weighted by molar-refractivity contribution is 0.402. The van der Waals surface area contributed by atoms with Crippen molar-refractivity contribution < 1.29 is 5.11 Å². The van der Waals surface area contributed by atoms with Gasteiger partial charge in [-0.3, -0.25) is 4.79 Å². The minimum atomic E-state index is -0.250. The Hall–Kier alpha value is -1.82. The quantitative estimate of drug-likeness (QED) is 0.874. The summed E-state index contributed by atoms with van der Waals surface area (Å²) in [6.45, 7) is 6.27. The lowest BCUT2D eigenvalue weighted by Crippen LogP contribution is -2.18. The van der Waals surface area contributed by atoms with Gasteiger partial charge in [0.05, 0.1) is 11.3 Å². The Bertz CT molecular complexity index is 667. The fourth-order valence-electron chi connectivity index (χ4n) is 2.26. The summed E-state index contributed by atoms with van der Waals surface area (Å²) in [4.78, 5) is 16.9. The van der Waals surface area contributed by atoms with Gasteiger partial charge in [0.15, 0.2) is 0 Å². The molecule has 0 fully saturated rings. The zero-order valence-electron chi connectivity index (χ0n) is 12.0. The molecular formula is C13H20N4O2. The third-order valence-electron chi connectivity index (χ3n) is 3.15. The molecule has 0 atom stereocenters. The van der Waals surface area contributed by atoms with Gasteiger partial charge in [-0.15, -0.1) is 0 Å². The number of rotatable bonds is 3. The van der Waals surface area contributed by atoms with E-state index < -0.39 is 0 Å². The van der Waals surface area contributed by atoms with Crippen LogP contribution in [0.15, 0.2) is 4.79 Å². The molecule has 6 nitrogen and oxygen atoms in total. The third-order valence-corrected chi connectivity index (χ3v) is 3.15. The fourth-order valence-corrected chi connectivity index (χ4v) is 2.26. The van der Waals surface area contributed by atoms with E-state index in [4.69, 9.17) is 0 Å². The van der Waals surface area contributed by atoms with Crippen LogP contribution in [-0.2, 0) is 6.54 Å². The van der Waals surface area contributed by atoms with Crippen LogP contribution >= 0.6 is 0 Å². The summed E-state index contributed by atoms with van der Waals surface area (Å²) >= 11 is 0. The Morgan fingerprint density at radius 3 is 2.58 bits per heavy atom. The van der Waals surface area contributed by atoms with Crippen molar-refractivity contribution in [3.63, 3.8) is 0 Å². The highest BCUT2D eigenvalue weighted by Gasteiger charge is 2.19. The van der Waals surface area contributed by atoms with Crippen LogP contribution in [0, 0.1) is 6.92 Å². The molecule has 0 spiro atoms. The molecule has 0 bridgehead atoms. The highest BCUT2D eigenvalue weighted by molar-refractivity contribution is 5.52. The molecule has 2 heterocycles. The molecule has 0 unspecified atom stereocenters. The van der Waals surface area contributed by atoms with E-state index in [1.54, 1.807) is 0 Å². The molecule has 0 amide bonds. The molecule has 0 aliphatic rings. The second-order valence-electron chi connectivity index (χ2n) is 5.41. The van der Waals surface area contributed by atoms with E-state index in [1.807, 2.05) is 39.8 Å². The first-order valence-corrected chi connectivity index (χ1v) is 6.31. The zero-order chi connectivity index (χ0) is 14.3. The van der Waals surface area contributed by atoms with Crippen molar-refractivity contribution in [2.75, 3.05) is 14.1 Å². The SMILES string of the molecule is Cc1nn2c(O)c(C(C)C)c(=O)[nH]c2c1CN(C)C. The second kappa shape index (κ2) is 4.70. The number of H-pyrrole nitrogens is 1. The van der Waals surface area contributed by atoms with Crippen LogP contribution in [-0.4, -0.2) is 38.7 Å². The van der Waals surface area contributed by atoms with Gasteiger partial charge in [-0.1, -0.05) is 13.8 Å². The lowest BCUT2D eigenvalue weighted by atomic mass is 10.1. The molecule has 0 saturated heterocycles. The molecule has 104 valence electrons. The fraction of sp³-hybridized carbons (Fsp3) is 0.538. The Morgan fingerprint density at radius 1 is 1.42 bits per heavy atom. The van der Waals surface area contributed by atoms with Crippen molar-refractivity contribution in [3.8, 4) is 5.88 Å². The number of aryl methyl sites for hydroxylation is 1. The van der Waals surface area contributed by atoms with Crippen molar-refractivity contribution in [1.82, 2.24) is 19.5 Å². The molecule has 2 rings (SSSR count). The van der Waals surface area contributed by atoms with Crippen LogP contribution in [0.3, 0.4) is 0 Å². The molecule has 0 aromatic carbocycles. The van der Waals surface area contributed by atoms with Crippen LogP contribution in [0.2, 0.25) is 0 Å². The Labute approximate surface area is 111 Å². The van der Waals surface area contributed by atoms with Gasteiger partial charge in [-0.05, 0) is 26.9 Å². The number of aromatic amines is 1. The molecule has 2 aromatic rings. The van der Waals surface area contributed by atoms with Gasteiger partial charge in [-0.25, -0.2) is 0 Å². The normalized spacial score (nSPS) is 11.9. The Kier molecular flexibility index (Phi) is 3.36. The highest BCUT2D eigenvalue weighted by Crippen LogP contribution is 2.24. The average Bonchev–Trinajstić information content (AvgIpc) is 2.56. The van der Waals surface area contributed by atoms with Gasteiger partial charge in [0.1, 0.15) is 5.65 Å². The van der Waals surface area contributed by atoms with Gasteiger partial charge >= 0.3 is 0 Å². The predicted octanol–water partition coefficient (Wildman–Crippen LogP) is 1.22. The van der Waals surface area contributed by atoms with E-state index in [2.05, 4.69) is 10.1 Å². The van der Waals surface area contributed by atoms with Crippen molar-refractivity contribution in [1.29, 1.82) is 0 Å². The largest absolute Gasteiger partial charge is 0.493 e. The van der Waals surface area contributed by atoms with Gasteiger partial charge < -0.3 is 15.0 Å². The van der Waals surface area contributed by atoms with Crippen LogP contribution in [0.25, 0.3) is 5.65 Å². The predicted molar refractivity (Wildman–Crippen MR) is 73.7 cm³/mol. The molecule has 6 heteroatoms. The average molecular weight is 264 g/mol. The molecule has 2 N–H and O–H groups in total. The van der Waals surface area contributed by atoms with E-state index in [1.165, 1.54) is 4.52 Å². The summed E-state index contributed by atoms with van der Waals surface area (Å²) in [5.41, 5.74) is 2.41. The Morgan fingerprint density at radius 2 is 2.05 bits per heavy atom. The van der Waals surface area contributed by atoms with Gasteiger partial charge in [-0.2, -0.15) is 9.61 Å². The van der Waals surface area contributed by atoms with Crippen LogP contribution in [0.5, 0.6) is 5.88 Å². The number of hydrogen-bond donors (Lipinski definition) is 2. The van der Waals surface area contributed by atoms with Crippen molar-refractivity contribution >= 4 is 5.65 Å². The summed E-state index contributed by atoms with van der Waals surface area (Å²) in [6, 6.07) is 0.